The van der Waals surface area contributed by atoms with Gasteiger partial charge in [-0.1, -0.05) is 7.43 Å². The van der Waals surface area contributed by atoms with E-state index in [1.165, 1.54) is 36.4 Å². The normalized spacial score (nSPS) is 21.9. The van der Waals surface area contributed by atoms with Crippen molar-refractivity contribution < 1.29 is 83.1 Å². The number of hydrogen-bond acceptors (Lipinski definition) is 18. The zero-order chi connectivity index (χ0) is 77.8. The summed E-state index contributed by atoms with van der Waals surface area (Å²) in [4.78, 5) is 48.0. The molecule has 566 valence electrons. The van der Waals surface area contributed by atoms with Crippen LogP contribution in [0, 0.1) is 34.0 Å². The molecule has 24 nitrogen and oxygen atoms in total. The minimum Gasteiger partial charge on any atom is -0.388 e. The average Bonchev–Trinajstić information content (AvgIpc) is 1.59. The first-order valence-electron chi connectivity index (χ1n) is 32.9. The maximum absolute atomic E-state index is 13.5. The van der Waals surface area contributed by atoms with E-state index in [4.69, 9.17) is 71.4 Å². The Morgan fingerprint density at radius 2 is 0.881 bits per heavy atom. The molecule has 7 saturated heterocycles. The average molecular weight is 1560 g/mol. The Bertz CT molecular complexity index is 5190. The molecule has 0 bridgehead atoms. The van der Waals surface area contributed by atoms with Gasteiger partial charge in [-0.3, -0.25) is 43.5 Å². The number of fused-ring (bicyclic) bond motifs is 4. The van der Waals surface area contributed by atoms with Crippen molar-refractivity contribution >= 4 is 137 Å². The van der Waals surface area contributed by atoms with Crippen LogP contribution in [0.25, 0.3) is 32.7 Å². The minimum atomic E-state index is -4.77. The van der Waals surface area contributed by atoms with E-state index in [0.717, 1.165) is 91.5 Å². The van der Waals surface area contributed by atoms with Crippen LogP contribution in [0.1, 0.15) is 94.4 Å². The summed E-state index contributed by atoms with van der Waals surface area (Å²) in [5, 5.41) is 65.5. The number of rotatable bonds is 8. The van der Waals surface area contributed by atoms with E-state index >= 15 is 0 Å². The molecular formula is C73H64F9N15O9S3. The summed E-state index contributed by atoms with van der Waals surface area (Å²) in [5.74, 6) is -1.49. The van der Waals surface area contributed by atoms with Gasteiger partial charge in [0.2, 0.25) is 0 Å². The summed E-state index contributed by atoms with van der Waals surface area (Å²) in [6, 6.07) is 29.1. The fourth-order valence-corrected chi connectivity index (χ4v) is 15.1. The Kier molecular flexibility index (Phi) is 20.6. The molecule has 36 heteroatoms. The smallest absolute Gasteiger partial charge is 0.388 e. The quantitative estimate of drug-likeness (QED) is 0.0723. The number of nitrogens with zero attached hydrogens (tertiary/aromatic N) is 14. The summed E-state index contributed by atoms with van der Waals surface area (Å²) in [5.41, 5.74) is -4.81. The second-order valence-corrected chi connectivity index (χ2v) is 28.5. The van der Waals surface area contributed by atoms with Crippen molar-refractivity contribution in [3.63, 3.8) is 0 Å². The molecule has 3 aromatic heterocycles. The van der Waals surface area contributed by atoms with Gasteiger partial charge in [-0.05, 0) is 187 Å². The molecule has 9 aromatic rings. The lowest BCUT2D eigenvalue weighted by molar-refractivity contribution is -0.138. The Morgan fingerprint density at radius 1 is 0.495 bits per heavy atom. The molecule has 0 saturated carbocycles. The Balaban J connectivity index is 0.000000146. The van der Waals surface area contributed by atoms with Gasteiger partial charge in [0.25, 0.3) is 17.7 Å². The number of epoxide rings is 1. The number of anilines is 6. The number of ether oxygens (including phenoxy) is 4. The van der Waals surface area contributed by atoms with E-state index in [9.17, 15) is 64.1 Å². The number of nitriles is 3. The SMILES string of the molecule is C.C1OCC2OC12.CC1(C)C(=O)N(c2ccc(C#N)c(C(F)(F)F)c2)C(=S)N1c1ccc2[nH]ncc2c1.CC1(C)C(=O)N(c2ccc(C#N)c(C(F)(F)F)c2)C(=S)N1c1ccc2c(cnn2C2COCC2O)c1.CC1(C)C(=O)N(c2ccc(C#N)c(C(F)(F)F)c2)C(=S)N1c1ccc2nn(C3COCC3O)cc2c1. The van der Waals surface area contributed by atoms with Crippen molar-refractivity contribution in [2.24, 2.45) is 0 Å². The lowest BCUT2D eigenvalue weighted by Crippen LogP contribution is -2.44. The fourth-order valence-electron chi connectivity index (χ4n) is 13.6. The van der Waals surface area contributed by atoms with Gasteiger partial charge in [0.05, 0.1) is 137 Å². The highest BCUT2D eigenvalue weighted by molar-refractivity contribution is 7.81. The molecule has 16 rings (SSSR count). The lowest BCUT2D eigenvalue weighted by atomic mass is 10.0. The maximum atomic E-state index is 13.5. The summed E-state index contributed by atoms with van der Waals surface area (Å²) in [6.07, 6.45) is -9.65. The molecule has 3 N–H and O–H groups in total. The molecule has 0 spiro atoms. The molecule has 109 heavy (non-hydrogen) atoms. The third-order valence-corrected chi connectivity index (χ3v) is 20.4. The molecule has 7 fully saturated rings. The molecule has 6 aromatic carbocycles. The van der Waals surface area contributed by atoms with E-state index in [2.05, 4.69) is 20.4 Å². The van der Waals surface area contributed by atoms with Gasteiger partial charge in [-0.15, -0.1) is 0 Å². The van der Waals surface area contributed by atoms with Gasteiger partial charge in [0, 0.05) is 39.4 Å². The maximum Gasteiger partial charge on any atom is 0.417 e. The topological polar surface area (TPSA) is 287 Å². The first-order chi connectivity index (χ1) is 50.9. The van der Waals surface area contributed by atoms with Crippen molar-refractivity contribution in [1.29, 1.82) is 15.8 Å². The van der Waals surface area contributed by atoms with Crippen molar-refractivity contribution in [1.82, 2.24) is 29.8 Å². The highest BCUT2D eigenvalue weighted by Crippen LogP contribution is 2.45. The van der Waals surface area contributed by atoms with Gasteiger partial charge in [0.15, 0.2) is 15.3 Å². The molecule has 6 atom stereocenters. The van der Waals surface area contributed by atoms with Crippen LogP contribution in [0.15, 0.2) is 128 Å². The lowest BCUT2D eigenvalue weighted by Gasteiger charge is -2.29. The zero-order valence-corrected chi connectivity index (χ0v) is 59.9. The molecule has 7 aliphatic rings. The summed E-state index contributed by atoms with van der Waals surface area (Å²) < 4.78 is 145. The summed E-state index contributed by atoms with van der Waals surface area (Å²) in [7, 11) is 0. The summed E-state index contributed by atoms with van der Waals surface area (Å²) >= 11 is 16.7. The monoisotopic (exact) mass is 1560 g/mol. The van der Waals surface area contributed by atoms with Gasteiger partial charge in [0.1, 0.15) is 53.1 Å². The number of nitrogens with one attached hydrogen (secondary N) is 1. The van der Waals surface area contributed by atoms with E-state index in [1.54, 1.807) is 139 Å². The summed E-state index contributed by atoms with van der Waals surface area (Å²) in [6.45, 7) is 12.6. The third-order valence-electron chi connectivity index (χ3n) is 19.3. The first kappa shape index (κ1) is 78.0. The van der Waals surface area contributed by atoms with Crippen molar-refractivity contribution in [2.45, 2.75) is 121 Å². The molecule has 3 amide bonds. The van der Waals surface area contributed by atoms with Gasteiger partial charge >= 0.3 is 18.5 Å². The van der Waals surface area contributed by atoms with Gasteiger partial charge < -0.3 is 43.9 Å². The highest BCUT2D eigenvalue weighted by Gasteiger charge is 2.54. The number of benzene rings is 6. The molecule has 10 heterocycles. The van der Waals surface area contributed by atoms with Crippen molar-refractivity contribution in [2.75, 3.05) is 69.0 Å². The van der Waals surface area contributed by atoms with Crippen LogP contribution in [-0.4, -0.2) is 154 Å². The predicted octanol–water partition coefficient (Wildman–Crippen LogP) is 12.3. The second-order valence-electron chi connectivity index (χ2n) is 27.4. The molecule has 7 aliphatic heterocycles. The Hall–Kier alpha value is -10.6. The van der Waals surface area contributed by atoms with E-state index in [0.29, 0.717) is 48.0 Å². The number of alkyl halides is 9. The number of aliphatic hydroxyl groups excluding tert-OH is 2. The van der Waals surface area contributed by atoms with Crippen LogP contribution in [0.3, 0.4) is 0 Å². The van der Waals surface area contributed by atoms with E-state index in [-0.39, 0.29) is 65.1 Å². The van der Waals surface area contributed by atoms with Gasteiger partial charge in [-0.2, -0.15) is 70.6 Å². The highest BCUT2D eigenvalue weighted by atomic mass is 32.1. The van der Waals surface area contributed by atoms with Crippen LogP contribution in [0.5, 0.6) is 0 Å². The third kappa shape index (κ3) is 14.1. The number of halogens is 9. The molecule has 6 unspecified atom stereocenters. The van der Waals surface area contributed by atoms with Crippen molar-refractivity contribution in [3.8, 4) is 18.2 Å². The first-order valence-corrected chi connectivity index (χ1v) is 34.2. The number of amides is 3. The fraction of sp³-hybridized carbons (Fsp3) is 0.342. The second kappa shape index (κ2) is 28.8. The van der Waals surface area contributed by atoms with Crippen LogP contribution < -0.4 is 29.4 Å². The largest absolute Gasteiger partial charge is 0.417 e. The minimum absolute atomic E-state index is 0. The van der Waals surface area contributed by atoms with Crippen LogP contribution in [-0.2, 0) is 51.9 Å². The number of H-pyrrole nitrogens is 1. The zero-order valence-electron chi connectivity index (χ0n) is 57.5. The van der Waals surface area contributed by atoms with Crippen molar-refractivity contribution in [3.05, 3.63) is 161 Å². The number of hydrogen-bond donors (Lipinski definition) is 3. The number of aromatic amines is 1. The van der Waals surface area contributed by atoms with Gasteiger partial charge in [-0.25, -0.2) is 0 Å². The number of carbonyl (C=O) groups is 3. The predicted molar refractivity (Wildman–Crippen MR) is 392 cm³/mol. The molecular weight excluding hydrogens is 1500 g/mol. The van der Waals surface area contributed by atoms with Crippen LogP contribution in [0.2, 0.25) is 0 Å². The standard InChI is InChI=1S/2C24H20F3N5O3S.C20H14F3N5OS.C4H6O2.CH4/c1-23(2)21(34)31(15-4-3-13(9-28)17(8-15)24(25,26)27)22(36)32(23)16-5-6-18-14(7-16)10-30(29-18)19-11-35-12-20(19)33;1-23(2)21(34)30(15-4-3-13(9-28)17(8-15)24(25,26)27)22(36)31(23)16-5-6-18-14(7-16)10-29-32(18)19-11-35-12-20(19)33;1-19(2)17(29)27(13-4-3-11(9-24)15(8-13)20(21,22)23)18(30)28(19)14-5-6-16-12(7-14)10-25-26-16;1-3-4(6-3)2-5-1;/h2*3-8,10,19-20,33H,11-12H2,1-2H3;3-8,10H,1-2H3,(H,25,26);3-4H,1-2H2;1H4. The number of thiocarbonyl (C=S) groups is 3. The Morgan fingerprint density at radius 3 is 1.27 bits per heavy atom. The molecule has 0 radical (unpaired) electrons. The number of aliphatic hydroxyl groups is 2. The Labute approximate surface area is 631 Å². The number of aromatic nitrogens is 6. The van der Waals surface area contributed by atoms with E-state index < -0.39 is 98.5 Å². The van der Waals surface area contributed by atoms with Crippen LogP contribution >= 0.6 is 36.7 Å². The molecule has 0 aliphatic carbocycles. The van der Waals surface area contributed by atoms with Crippen LogP contribution in [0.4, 0.5) is 73.6 Å². The number of carbonyl (C=O) groups excluding carboxylic acids is 3. The van der Waals surface area contributed by atoms with E-state index in [1.807, 2.05) is 0 Å².